The number of alkyl halides is 5. The van der Waals surface area contributed by atoms with Gasteiger partial charge in [-0.25, -0.2) is 8.78 Å². The molecular formula is C26H32F5N3O2. The number of piperidine rings is 2. The fourth-order valence-electron chi connectivity index (χ4n) is 6.56. The van der Waals surface area contributed by atoms with Gasteiger partial charge in [-0.15, -0.1) is 0 Å². The van der Waals surface area contributed by atoms with Crippen LogP contribution in [0.25, 0.3) is 10.9 Å². The molecule has 5 nitrogen and oxygen atoms in total. The lowest BCUT2D eigenvalue weighted by molar-refractivity contribution is -0.139. The summed E-state index contributed by atoms with van der Waals surface area (Å²) in [5.74, 6) is -2.30. The SMILES string of the molecule is CC(C)N1C2CCC1CC(Oc1ccc3c(c1)c(N1CCC(F)(F)CC1)c(C=O)n3CC(F)(F)F)C2. The lowest BCUT2D eigenvalue weighted by atomic mass is 9.98. The van der Waals surface area contributed by atoms with Crippen LogP contribution in [0.1, 0.15) is 62.9 Å². The molecule has 5 rings (SSSR count). The number of aldehydes is 1. The summed E-state index contributed by atoms with van der Waals surface area (Å²) in [4.78, 5) is 16.2. The first-order chi connectivity index (χ1) is 17.0. The number of carbonyl (C=O) groups is 1. The van der Waals surface area contributed by atoms with Gasteiger partial charge in [-0.1, -0.05) is 0 Å². The van der Waals surface area contributed by atoms with E-state index in [9.17, 15) is 26.7 Å². The van der Waals surface area contributed by atoms with Gasteiger partial charge in [-0.3, -0.25) is 9.69 Å². The molecular weight excluding hydrogens is 481 g/mol. The highest BCUT2D eigenvalue weighted by Gasteiger charge is 2.43. The maximum atomic E-state index is 13.8. The van der Waals surface area contributed by atoms with Crippen LogP contribution >= 0.6 is 0 Å². The van der Waals surface area contributed by atoms with Gasteiger partial charge in [0, 0.05) is 49.4 Å². The van der Waals surface area contributed by atoms with Crippen LogP contribution in [0.3, 0.4) is 0 Å². The summed E-state index contributed by atoms with van der Waals surface area (Å²) in [5.41, 5.74) is 0.372. The quantitative estimate of drug-likeness (QED) is 0.349. The van der Waals surface area contributed by atoms with Gasteiger partial charge in [0.15, 0.2) is 6.29 Å². The molecule has 0 spiro atoms. The van der Waals surface area contributed by atoms with Gasteiger partial charge in [0.05, 0.1) is 11.2 Å². The van der Waals surface area contributed by atoms with Gasteiger partial charge in [0.25, 0.3) is 5.92 Å². The molecule has 0 aliphatic carbocycles. The lowest BCUT2D eigenvalue weighted by Crippen LogP contribution is -2.49. The molecule has 1 aromatic heterocycles. The molecule has 3 saturated heterocycles. The van der Waals surface area contributed by atoms with Crippen LogP contribution in [0.5, 0.6) is 5.75 Å². The highest BCUT2D eigenvalue weighted by Crippen LogP contribution is 2.42. The van der Waals surface area contributed by atoms with Crippen LogP contribution in [0.15, 0.2) is 18.2 Å². The van der Waals surface area contributed by atoms with Gasteiger partial charge in [-0.05, 0) is 57.7 Å². The fraction of sp³-hybridized carbons (Fsp3) is 0.654. The van der Waals surface area contributed by atoms with Crippen LogP contribution in [0.2, 0.25) is 0 Å². The molecule has 0 amide bonds. The molecule has 0 radical (unpaired) electrons. The van der Waals surface area contributed by atoms with E-state index in [1.165, 1.54) is 0 Å². The summed E-state index contributed by atoms with van der Waals surface area (Å²) in [6.07, 6.45) is -0.944. The van der Waals surface area contributed by atoms with E-state index < -0.39 is 31.5 Å². The first-order valence-corrected chi connectivity index (χ1v) is 12.7. The monoisotopic (exact) mass is 513 g/mol. The second kappa shape index (κ2) is 9.19. The summed E-state index contributed by atoms with van der Waals surface area (Å²) < 4.78 is 75.2. The van der Waals surface area contributed by atoms with Crippen molar-refractivity contribution in [1.82, 2.24) is 9.47 Å². The third-order valence-electron chi connectivity index (χ3n) is 7.95. The standard InChI is InChI=1S/C26H32F5N3O2/c1-16(2)34-17-3-4-18(34)12-20(11-17)36-19-5-6-22-21(13-19)24(32-9-7-25(27,28)8-10-32)23(14-35)33(22)15-26(29,30)31/h5-6,13-14,16-18,20H,3-4,7-12,15H2,1-2H3. The Labute approximate surface area is 207 Å². The zero-order valence-electron chi connectivity index (χ0n) is 20.5. The van der Waals surface area contributed by atoms with Crippen molar-refractivity contribution in [1.29, 1.82) is 0 Å². The van der Waals surface area contributed by atoms with E-state index in [1.807, 2.05) is 0 Å². The molecule has 0 saturated carbocycles. The zero-order valence-corrected chi connectivity index (χ0v) is 20.5. The third kappa shape index (κ3) is 4.80. The van der Waals surface area contributed by atoms with Crippen LogP contribution in [-0.4, -0.2) is 65.2 Å². The average Bonchev–Trinajstić information content (AvgIpc) is 3.23. The molecule has 2 bridgehead atoms. The highest BCUT2D eigenvalue weighted by atomic mass is 19.4. The summed E-state index contributed by atoms with van der Waals surface area (Å²) in [5, 5.41) is 0.423. The van der Waals surface area contributed by atoms with E-state index in [1.54, 1.807) is 23.1 Å². The Morgan fingerprint density at radius 1 is 1.11 bits per heavy atom. The van der Waals surface area contributed by atoms with Gasteiger partial charge in [0.1, 0.15) is 24.1 Å². The second-order valence-electron chi connectivity index (χ2n) is 10.7. The molecule has 3 fully saturated rings. The van der Waals surface area contributed by atoms with Gasteiger partial charge in [0.2, 0.25) is 0 Å². The normalized spacial score (nSPS) is 26.7. The van der Waals surface area contributed by atoms with Crippen molar-refractivity contribution in [3.8, 4) is 5.75 Å². The van der Waals surface area contributed by atoms with Crippen LogP contribution in [0.4, 0.5) is 27.6 Å². The van der Waals surface area contributed by atoms with Crippen molar-refractivity contribution in [2.24, 2.45) is 0 Å². The van der Waals surface area contributed by atoms with E-state index in [4.69, 9.17) is 4.74 Å². The van der Waals surface area contributed by atoms with Crippen molar-refractivity contribution < 1.29 is 31.5 Å². The van der Waals surface area contributed by atoms with E-state index >= 15 is 0 Å². The summed E-state index contributed by atoms with van der Waals surface area (Å²) in [6, 6.07) is 6.25. The van der Waals surface area contributed by atoms with Gasteiger partial charge in [-0.2, -0.15) is 13.2 Å². The first-order valence-electron chi connectivity index (χ1n) is 12.7. The topological polar surface area (TPSA) is 37.7 Å². The number of nitrogens with zero attached hydrogens (tertiary/aromatic N) is 3. The molecule has 198 valence electrons. The van der Waals surface area contributed by atoms with E-state index in [0.29, 0.717) is 35.5 Å². The van der Waals surface area contributed by atoms with Crippen molar-refractivity contribution >= 4 is 22.9 Å². The minimum atomic E-state index is -4.55. The second-order valence-corrected chi connectivity index (χ2v) is 10.7. The Morgan fingerprint density at radius 3 is 2.31 bits per heavy atom. The van der Waals surface area contributed by atoms with E-state index in [0.717, 1.165) is 30.3 Å². The number of hydrogen-bond donors (Lipinski definition) is 0. The first kappa shape index (κ1) is 25.3. The van der Waals surface area contributed by atoms with Crippen LogP contribution < -0.4 is 9.64 Å². The minimum absolute atomic E-state index is 0.00474. The molecule has 36 heavy (non-hydrogen) atoms. The summed E-state index contributed by atoms with van der Waals surface area (Å²) in [6.45, 7) is 2.99. The molecule has 0 N–H and O–H groups in total. The number of carbonyl (C=O) groups excluding carboxylic acids is 1. The van der Waals surface area contributed by atoms with Crippen LogP contribution in [-0.2, 0) is 6.54 Å². The predicted octanol–water partition coefficient (Wildman–Crippen LogP) is 6.03. The Balaban J connectivity index is 1.49. The molecule has 2 atom stereocenters. The molecule has 2 aromatic rings. The number of hydrogen-bond acceptors (Lipinski definition) is 4. The fourth-order valence-corrected chi connectivity index (χ4v) is 6.56. The van der Waals surface area contributed by atoms with E-state index in [-0.39, 0.29) is 36.1 Å². The molecule has 4 heterocycles. The number of rotatable bonds is 6. The van der Waals surface area contributed by atoms with Gasteiger partial charge < -0.3 is 14.2 Å². The zero-order chi connectivity index (χ0) is 25.8. The number of anilines is 1. The van der Waals surface area contributed by atoms with Crippen molar-refractivity contribution in [2.45, 2.75) is 95.2 Å². The Kier molecular flexibility index (Phi) is 6.46. The number of ether oxygens (including phenoxy) is 1. The maximum absolute atomic E-state index is 13.8. The van der Waals surface area contributed by atoms with Crippen LogP contribution in [0, 0.1) is 0 Å². The van der Waals surface area contributed by atoms with Crippen molar-refractivity contribution in [2.75, 3.05) is 18.0 Å². The summed E-state index contributed by atoms with van der Waals surface area (Å²) >= 11 is 0. The van der Waals surface area contributed by atoms with Crippen molar-refractivity contribution in [3.63, 3.8) is 0 Å². The van der Waals surface area contributed by atoms with E-state index in [2.05, 4.69) is 18.7 Å². The Morgan fingerprint density at radius 2 is 1.75 bits per heavy atom. The number of aromatic nitrogens is 1. The van der Waals surface area contributed by atoms with Gasteiger partial charge >= 0.3 is 6.18 Å². The predicted molar refractivity (Wildman–Crippen MR) is 127 cm³/mol. The number of benzene rings is 1. The third-order valence-corrected chi connectivity index (χ3v) is 7.95. The minimum Gasteiger partial charge on any atom is -0.490 e. The summed E-state index contributed by atoms with van der Waals surface area (Å²) in [7, 11) is 0. The van der Waals surface area contributed by atoms with Crippen molar-refractivity contribution in [3.05, 3.63) is 23.9 Å². The maximum Gasteiger partial charge on any atom is 0.406 e. The average molecular weight is 514 g/mol. The Hall–Kier alpha value is -2.36. The molecule has 3 aliphatic rings. The highest BCUT2D eigenvalue weighted by molar-refractivity contribution is 6.03. The number of halogens is 5. The molecule has 2 unspecified atom stereocenters. The molecule has 3 aliphatic heterocycles. The largest absolute Gasteiger partial charge is 0.490 e. The number of fused-ring (bicyclic) bond motifs is 3. The smallest absolute Gasteiger partial charge is 0.406 e. The molecule has 1 aromatic carbocycles. The molecule has 10 heteroatoms. The lowest BCUT2D eigenvalue weighted by Gasteiger charge is -2.41. The Bertz CT molecular complexity index is 1100.